The topological polar surface area (TPSA) is 24.5 Å². The third-order valence-electron chi connectivity index (χ3n) is 3.36. The average molecular weight is 274 g/mol. The van der Waals surface area contributed by atoms with Crippen LogP contribution in [0.15, 0.2) is 12.1 Å². The van der Waals surface area contributed by atoms with Crippen molar-refractivity contribution in [1.29, 1.82) is 0 Å². The van der Waals surface area contributed by atoms with Crippen LogP contribution < -0.4 is 5.32 Å². The number of nitrogens with zero attached hydrogens (tertiary/aromatic N) is 1. The van der Waals surface area contributed by atoms with E-state index in [1.165, 1.54) is 0 Å². The molecule has 2 rings (SSSR count). The van der Waals surface area contributed by atoms with Gasteiger partial charge in [0.1, 0.15) is 0 Å². The lowest BCUT2D eigenvalue weighted by Crippen LogP contribution is -2.47. The van der Waals surface area contributed by atoms with Gasteiger partial charge in [0.2, 0.25) is 0 Å². The van der Waals surface area contributed by atoms with Gasteiger partial charge in [-0.2, -0.15) is 0 Å². The summed E-state index contributed by atoms with van der Waals surface area (Å²) in [6.07, 6.45) is -0.229. The van der Waals surface area contributed by atoms with E-state index >= 15 is 0 Å². The third-order valence-corrected chi connectivity index (χ3v) is 3.36. The molecular formula is C13H17F3N2O. The first-order chi connectivity index (χ1) is 9.04. The van der Waals surface area contributed by atoms with Gasteiger partial charge in [-0.15, -0.1) is 0 Å². The Morgan fingerprint density at radius 3 is 2.53 bits per heavy atom. The molecule has 1 fully saturated rings. The Bertz CT molecular complexity index is 431. The van der Waals surface area contributed by atoms with E-state index in [4.69, 9.17) is 4.74 Å². The second-order valence-electron chi connectivity index (χ2n) is 4.69. The van der Waals surface area contributed by atoms with E-state index < -0.39 is 17.5 Å². The average Bonchev–Trinajstić information content (AvgIpc) is 2.36. The number of rotatable bonds is 3. The molecule has 0 spiro atoms. The van der Waals surface area contributed by atoms with Crippen LogP contribution in [0.25, 0.3) is 0 Å². The van der Waals surface area contributed by atoms with Crippen LogP contribution in [0.1, 0.15) is 11.6 Å². The van der Waals surface area contributed by atoms with Gasteiger partial charge in [-0.05, 0) is 31.8 Å². The molecule has 1 aliphatic heterocycles. The highest BCUT2D eigenvalue weighted by molar-refractivity contribution is 5.24. The Labute approximate surface area is 110 Å². The number of hydrogen-bond acceptors (Lipinski definition) is 3. The van der Waals surface area contributed by atoms with Gasteiger partial charge in [0, 0.05) is 13.1 Å². The molecule has 0 radical (unpaired) electrons. The first-order valence-corrected chi connectivity index (χ1v) is 6.15. The van der Waals surface area contributed by atoms with Crippen molar-refractivity contribution in [3.8, 4) is 0 Å². The van der Waals surface area contributed by atoms with Crippen molar-refractivity contribution in [2.75, 3.05) is 33.8 Å². The van der Waals surface area contributed by atoms with Gasteiger partial charge in [0.15, 0.2) is 17.5 Å². The molecule has 3 nitrogen and oxygen atoms in total. The number of likely N-dealkylation sites (N-methyl/N-ethyl adjacent to an activating group) is 2. The summed E-state index contributed by atoms with van der Waals surface area (Å²) >= 11 is 0. The molecule has 1 aliphatic rings. The fourth-order valence-corrected chi connectivity index (χ4v) is 2.45. The van der Waals surface area contributed by atoms with E-state index in [-0.39, 0.29) is 12.1 Å². The van der Waals surface area contributed by atoms with Crippen molar-refractivity contribution in [1.82, 2.24) is 10.2 Å². The molecular weight excluding hydrogens is 257 g/mol. The van der Waals surface area contributed by atoms with Gasteiger partial charge >= 0.3 is 0 Å². The van der Waals surface area contributed by atoms with Gasteiger partial charge in [-0.3, -0.25) is 4.90 Å². The van der Waals surface area contributed by atoms with E-state index in [1.807, 2.05) is 11.9 Å². The molecule has 1 aromatic rings. The summed E-state index contributed by atoms with van der Waals surface area (Å²) in [6.45, 7) is 1.77. The van der Waals surface area contributed by atoms with Crippen LogP contribution in [0.4, 0.5) is 13.2 Å². The van der Waals surface area contributed by atoms with Crippen LogP contribution >= 0.6 is 0 Å². The zero-order valence-corrected chi connectivity index (χ0v) is 10.9. The quantitative estimate of drug-likeness (QED) is 0.849. The second kappa shape index (κ2) is 5.90. The summed E-state index contributed by atoms with van der Waals surface area (Å²) in [4.78, 5) is 1.96. The molecule has 106 valence electrons. The minimum absolute atomic E-state index is 0.229. The van der Waals surface area contributed by atoms with Crippen LogP contribution in [0.2, 0.25) is 0 Å². The maximum atomic E-state index is 13.3. The van der Waals surface area contributed by atoms with Crippen LogP contribution in [0.5, 0.6) is 0 Å². The molecule has 2 unspecified atom stereocenters. The highest BCUT2D eigenvalue weighted by Crippen LogP contribution is 2.30. The molecule has 2 atom stereocenters. The zero-order valence-electron chi connectivity index (χ0n) is 10.9. The lowest BCUT2D eigenvalue weighted by atomic mass is 9.98. The highest BCUT2D eigenvalue weighted by Gasteiger charge is 2.32. The lowest BCUT2D eigenvalue weighted by molar-refractivity contribution is -0.0608. The maximum absolute atomic E-state index is 13.3. The number of hydrogen-bond donors (Lipinski definition) is 1. The SMILES string of the molecule is CNCC1OCCN(C)C1c1cc(F)c(F)c(F)c1. The number of morpholine rings is 1. The van der Waals surface area contributed by atoms with Crippen LogP contribution in [0.3, 0.4) is 0 Å². The Hall–Kier alpha value is -1.11. The minimum Gasteiger partial charge on any atom is -0.374 e. The molecule has 0 bridgehead atoms. The molecule has 1 heterocycles. The van der Waals surface area contributed by atoms with Gasteiger partial charge in [0.25, 0.3) is 0 Å². The van der Waals surface area contributed by atoms with Crippen molar-refractivity contribution in [3.05, 3.63) is 35.1 Å². The standard InChI is InChI=1S/C13H17F3N2O/c1-17-7-11-13(18(2)3-4-19-11)8-5-9(14)12(16)10(15)6-8/h5-6,11,13,17H,3-4,7H2,1-2H3. The zero-order chi connectivity index (χ0) is 14.0. The fraction of sp³-hybridized carbons (Fsp3) is 0.538. The summed E-state index contributed by atoms with van der Waals surface area (Å²) in [5, 5.41) is 2.99. The van der Waals surface area contributed by atoms with Crippen molar-refractivity contribution < 1.29 is 17.9 Å². The molecule has 1 saturated heterocycles. The number of halogens is 3. The monoisotopic (exact) mass is 274 g/mol. The molecule has 1 aromatic carbocycles. The molecule has 6 heteroatoms. The number of ether oxygens (including phenoxy) is 1. The van der Waals surface area contributed by atoms with Crippen LogP contribution in [-0.2, 0) is 4.74 Å². The molecule has 1 N–H and O–H groups in total. The molecule has 0 aliphatic carbocycles. The predicted molar refractivity (Wildman–Crippen MR) is 65.4 cm³/mol. The fourth-order valence-electron chi connectivity index (χ4n) is 2.45. The third kappa shape index (κ3) is 2.91. The lowest BCUT2D eigenvalue weighted by Gasteiger charge is -2.39. The van der Waals surface area contributed by atoms with Gasteiger partial charge in [0.05, 0.1) is 18.8 Å². The van der Waals surface area contributed by atoms with E-state index in [1.54, 1.807) is 7.05 Å². The Morgan fingerprint density at radius 2 is 1.95 bits per heavy atom. The second-order valence-corrected chi connectivity index (χ2v) is 4.69. The Kier molecular flexibility index (Phi) is 4.44. The predicted octanol–water partition coefficient (Wildman–Crippen LogP) is 1.69. The maximum Gasteiger partial charge on any atom is 0.194 e. The largest absolute Gasteiger partial charge is 0.374 e. The van der Waals surface area contributed by atoms with Crippen molar-refractivity contribution in [2.45, 2.75) is 12.1 Å². The summed E-state index contributed by atoms with van der Waals surface area (Å²) < 4.78 is 45.3. The Balaban J connectivity index is 2.35. The summed E-state index contributed by atoms with van der Waals surface area (Å²) in [5.74, 6) is -3.78. The van der Waals surface area contributed by atoms with Gasteiger partial charge < -0.3 is 10.1 Å². The Morgan fingerprint density at radius 1 is 1.32 bits per heavy atom. The van der Waals surface area contributed by atoms with E-state index in [2.05, 4.69) is 5.32 Å². The van der Waals surface area contributed by atoms with Crippen LogP contribution in [-0.4, -0.2) is 44.8 Å². The van der Waals surface area contributed by atoms with Crippen LogP contribution in [0, 0.1) is 17.5 Å². The smallest absolute Gasteiger partial charge is 0.194 e. The van der Waals surface area contributed by atoms with Gasteiger partial charge in [-0.1, -0.05) is 0 Å². The van der Waals surface area contributed by atoms with E-state index in [0.717, 1.165) is 12.1 Å². The summed E-state index contributed by atoms with van der Waals surface area (Å²) in [6, 6.07) is 1.78. The van der Waals surface area contributed by atoms with E-state index in [9.17, 15) is 13.2 Å². The molecule has 0 amide bonds. The van der Waals surface area contributed by atoms with E-state index in [0.29, 0.717) is 25.3 Å². The van der Waals surface area contributed by atoms with Gasteiger partial charge in [-0.25, -0.2) is 13.2 Å². The van der Waals surface area contributed by atoms with Crippen molar-refractivity contribution >= 4 is 0 Å². The summed E-state index contributed by atoms with van der Waals surface area (Å²) in [7, 11) is 3.63. The molecule has 19 heavy (non-hydrogen) atoms. The number of nitrogens with one attached hydrogen (secondary N) is 1. The molecule has 0 aromatic heterocycles. The highest BCUT2D eigenvalue weighted by atomic mass is 19.2. The number of benzene rings is 1. The van der Waals surface area contributed by atoms with Crippen molar-refractivity contribution in [3.63, 3.8) is 0 Å². The minimum atomic E-state index is -1.44. The normalized spacial score (nSPS) is 24.7. The summed E-state index contributed by atoms with van der Waals surface area (Å²) in [5.41, 5.74) is 0.388. The first-order valence-electron chi connectivity index (χ1n) is 6.15. The van der Waals surface area contributed by atoms with Crippen molar-refractivity contribution in [2.24, 2.45) is 0 Å². The molecule has 0 saturated carbocycles. The first kappa shape index (κ1) is 14.3.